The monoisotopic (exact) mass is 751 g/mol. The number of benzene rings is 9. The van der Waals surface area contributed by atoms with Crippen molar-refractivity contribution < 1.29 is 0 Å². The van der Waals surface area contributed by atoms with Crippen molar-refractivity contribution in [1.29, 1.82) is 0 Å². The highest BCUT2D eigenvalue weighted by Crippen LogP contribution is 2.64. The Kier molecular flexibility index (Phi) is 7.26. The molecule has 0 heterocycles. The molecule has 1 heteroatoms. The van der Waals surface area contributed by atoms with Gasteiger partial charge < -0.3 is 4.90 Å². The summed E-state index contributed by atoms with van der Waals surface area (Å²) in [6, 6.07) is 79.2. The number of fused-ring (bicyclic) bond motifs is 13. The number of hydrogen-bond acceptors (Lipinski definition) is 1. The van der Waals surface area contributed by atoms with Gasteiger partial charge in [0.1, 0.15) is 0 Å². The molecule has 278 valence electrons. The van der Waals surface area contributed by atoms with Crippen LogP contribution in [0.3, 0.4) is 0 Å². The zero-order valence-corrected chi connectivity index (χ0v) is 33.2. The summed E-state index contributed by atoms with van der Waals surface area (Å²) < 4.78 is 0. The van der Waals surface area contributed by atoms with Crippen LogP contribution in [0.5, 0.6) is 0 Å². The van der Waals surface area contributed by atoms with Crippen LogP contribution in [-0.4, -0.2) is 0 Å². The third kappa shape index (κ3) is 4.62. The van der Waals surface area contributed by atoms with E-state index in [1.807, 2.05) is 0 Å². The Morgan fingerprint density at radius 1 is 0.305 bits per heavy atom. The van der Waals surface area contributed by atoms with E-state index in [2.05, 4.69) is 231 Å². The zero-order chi connectivity index (χ0) is 39.3. The van der Waals surface area contributed by atoms with Crippen molar-refractivity contribution in [2.75, 3.05) is 4.90 Å². The van der Waals surface area contributed by atoms with E-state index in [0.29, 0.717) is 0 Å². The molecule has 0 fully saturated rings. The molecular weight excluding hydrogens is 711 g/mol. The van der Waals surface area contributed by atoms with Gasteiger partial charge in [0.15, 0.2) is 0 Å². The van der Waals surface area contributed by atoms with Crippen molar-refractivity contribution in [3.63, 3.8) is 0 Å². The Labute approximate surface area is 346 Å². The minimum absolute atomic E-state index is 0.141. The van der Waals surface area contributed by atoms with Crippen molar-refractivity contribution in [3.05, 3.63) is 246 Å². The lowest BCUT2D eigenvalue weighted by Crippen LogP contribution is -2.25. The van der Waals surface area contributed by atoms with Crippen LogP contribution in [0.2, 0.25) is 0 Å². The van der Waals surface area contributed by atoms with Gasteiger partial charge in [-0.15, -0.1) is 0 Å². The van der Waals surface area contributed by atoms with E-state index >= 15 is 0 Å². The maximum Gasteiger partial charge on any atom is 0.0725 e. The molecule has 0 aromatic heterocycles. The summed E-state index contributed by atoms with van der Waals surface area (Å²) in [4.78, 5) is 2.52. The summed E-state index contributed by atoms with van der Waals surface area (Å²) in [5.74, 6) is 0. The Hall–Kier alpha value is -7.22. The number of nitrogens with zero attached hydrogens (tertiary/aromatic N) is 1. The molecule has 0 saturated carbocycles. The molecule has 0 aliphatic heterocycles. The van der Waals surface area contributed by atoms with E-state index in [0.717, 1.165) is 17.1 Å². The summed E-state index contributed by atoms with van der Waals surface area (Å²) in [5.41, 5.74) is 23.7. The quantitative estimate of drug-likeness (QED) is 0.169. The van der Waals surface area contributed by atoms with Gasteiger partial charge in [-0.25, -0.2) is 0 Å². The average Bonchev–Trinajstić information content (AvgIpc) is 3.86. The molecule has 12 rings (SSSR count). The number of rotatable bonds is 5. The van der Waals surface area contributed by atoms with E-state index in [9.17, 15) is 0 Å². The second-order valence-electron chi connectivity index (χ2n) is 16.8. The van der Waals surface area contributed by atoms with Crippen LogP contribution in [0.4, 0.5) is 17.1 Å². The summed E-state index contributed by atoms with van der Waals surface area (Å²) in [7, 11) is 0. The standard InChI is InChI=1S/C58H41N/c1-57(2)48-28-12-6-22-41(48)44-36-35-39(37-53(44)57)59(54-33-16-10-21-40(54)38-19-4-3-5-20-38)55-34-17-11-25-45(55)46-27-18-32-52-56(46)47-26-9-15-31-51(47)58(52)49-29-13-7-23-42(49)43-24-8-14-30-50(43)58/h3-37H,1-2H3. The fourth-order valence-electron chi connectivity index (χ4n) is 11.0. The molecule has 0 radical (unpaired) electrons. The fourth-order valence-corrected chi connectivity index (χ4v) is 11.0. The van der Waals surface area contributed by atoms with Crippen LogP contribution in [0, 0.1) is 0 Å². The molecule has 3 aliphatic rings. The first-order valence-corrected chi connectivity index (χ1v) is 20.8. The van der Waals surface area contributed by atoms with Crippen molar-refractivity contribution in [1.82, 2.24) is 0 Å². The van der Waals surface area contributed by atoms with Crippen molar-refractivity contribution in [2.45, 2.75) is 24.7 Å². The summed E-state index contributed by atoms with van der Waals surface area (Å²) in [6.45, 7) is 4.75. The van der Waals surface area contributed by atoms with E-state index < -0.39 is 5.41 Å². The molecule has 59 heavy (non-hydrogen) atoms. The molecule has 0 saturated heterocycles. The lowest BCUT2D eigenvalue weighted by Gasteiger charge is -2.32. The lowest BCUT2D eigenvalue weighted by atomic mass is 9.70. The first-order valence-electron chi connectivity index (χ1n) is 20.8. The largest absolute Gasteiger partial charge is 0.309 e. The Morgan fingerprint density at radius 3 is 1.41 bits per heavy atom. The van der Waals surface area contributed by atoms with Gasteiger partial charge in [-0.3, -0.25) is 0 Å². The SMILES string of the molecule is CC1(C)c2ccccc2-c2ccc(N(c3ccccc3-c3ccccc3)c3ccccc3-c3cccc4c3-c3ccccc3C43c4ccccc4-c4ccccc43)cc21. The van der Waals surface area contributed by atoms with Gasteiger partial charge >= 0.3 is 0 Å². The van der Waals surface area contributed by atoms with Gasteiger partial charge in [-0.05, 0) is 102 Å². The number of hydrogen-bond donors (Lipinski definition) is 0. The maximum atomic E-state index is 2.52. The van der Waals surface area contributed by atoms with Crippen molar-refractivity contribution in [2.24, 2.45) is 0 Å². The summed E-state index contributed by atoms with van der Waals surface area (Å²) in [6.07, 6.45) is 0. The Morgan fingerprint density at radius 2 is 0.746 bits per heavy atom. The molecule has 0 N–H and O–H groups in total. The first kappa shape index (κ1) is 33.9. The smallest absolute Gasteiger partial charge is 0.0725 e. The molecule has 1 spiro atoms. The molecule has 0 amide bonds. The van der Waals surface area contributed by atoms with Crippen molar-refractivity contribution in [3.8, 4) is 55.6 Å². The molecule has 0 atom stereocenters. The van der Waals surface area contributed by atoms with E-state index in [1.165, 1.54) is 89.0 Å². The second-order valence-corrected chi connectivity index (χ2v) is 16.8. The van der Waals surface area contributed by atoms with E-state index in [-0.39, 0.29) is 5.41 Å². The van der Waals surface area contributed by atoms with Gasteiger partial charge in [0.25, 0.3) is 0 Å². The normalized spacial score (nSPS) is 14.2. The molecule has 9 aromatic carbocycles. The highest BCUT2D eigenvalue weighted by molar-refractivity contribution is 6.03. The topological polar surface area (TPSA) is 3.24 Å². The minimum Gasteiger partial charge on any atom is -0.309 e. The van der Waals surface area contributed by atoms with Crippen LogP contribution in [-0.2, 0) is 10.8 Å². The second kappa shape index (κ2) is 12.6. The Balaban J connectivity index is 1.13. The van der Waals surface area contributed by atoms with Gasteiger partial charge in [-0.2, -0.15) is 0 Å². The molecule has 9 aromatic rings. The predicted octanol–water partition coefficient (Wildman–Crippen LogP) is 15.1. The van der Waals surface area contributed by atoms with Gasteiger partial charge in [0.2, 0.25) is 0 Å². The third-order valence-corrected chi connectivity index (χ3v) is 13.5. The highest BCUT2D eigenvalue weighted by Gasteiger charge is 2.52. The van der Waals surface area contributed by atoms with Gasteiger partial charge in [0.05, 0.1) is 16.8 Å². The molecule has 3 aliphatic carbocycles. The summed E-state index contributed by atoms with van der Waals surface area (Å²) in [5, 5.41) is 0. The Bertz CT molecular complexity index is 3100. The summed E-state index contributed by atoms with van der Waals surface area (Å²) >= 11 is 0. The zero-order valence-electron chi connectivity index (χ0n) is 33.2. The molecule has 1 nitrogen and oxygen atoms in total. The van der Waals surface area contributed by atoms with Gasteiger partial charge in [-0.1, -0.05) is 202 Å². The number of anilines is 3. The minimum atomic E-state index is -0.412. The molecule has 0 bridgehead atoms. The van der Waals surface area contributed by atoms with E-state index in [1.54, 1.807) is 0 Å². The molecule has 0 unspecified atom stereocenters. The lowest BCUT2D eigenvalue weighted by molar-refractivity contribution is 0.660. The predicted molar refractivity (Wildman–Crippen MR) is 246 cm³/mol. The highest BCUT2D eigenvalue weighted by atomic mass is 15.1. The fraction of sp³-hybridized carbons (Fsp3) is 0.0690. The van der Waals surface area contributed by atoms with Crippen LogP contribution in [0.15, 0.2) is 212 Å². The first-order chi connectivity index (χ1) is 29.1. The average molecular weight is 752 g/mol. The number of para-hydroxylation sites is 2. The van der Waals surface area contributed by atoms with Gasteiger partial charge in [0, 0.05) is 22.2 Å². The van der Waals surface area contributed by atoms with Crippen LogP contribution in [0.1, 0.15) is 47.2 Å². The van der Waals surface area contributed by atoms with Crippen LogP contribution in [0.25, 0.3) is 55.6 Å². The van der Waals surface area contributed by atoms with E-state index in [4.69, 9.17) is 0 Å². The molecular formula is C58H41N. The van der Waals surface area contributed by atoms with Crippen molar-refractivity contribution >= 4 is 17.1 Å². The van der Waals surface area contributed by atoms with Crippen LogP contribution < -0.4 is 4.90 Å². The maximum absolute atomic E-state index is 2.52. The van der Waals surface area contributed by atoms with Crippen LogP contribution >= 0.6 is 0 Å². The third-order valence-electron chi connectivity index (χ3n) is 13.5.